The highest BCUT2D eigenvalue weighted by molar-refractivity contribution is 5.26. The van der Waals surface area contributed by atoms with Crippen LogP contribution in [0.4, 0.5) is 8.78 Å². The van der Waals surface area contributed by atoms with Crippen LogP contribution >= 0.6 is 0 Å². The Morgan fingerprint density at radius 1 is 1.29 bits per heavy atom. The molecule has 3 heteroatoms. The van der Waals surface area contributed by atoms with Crippen molar-refractivity contribution < 1.29 is 8.78 Å². The number of hydrogen-bond acceptors (Lipinski definition) is 1. The first-order valence-corrected chi connectivity index (χ1v) is 4.60. The van der Waals surface area contributed by atoms with E-state index in [-0.39, 0.29) is 11.5 Å². The Hall–Kier alpha value is -0.960. The van der Waals surface area contributed by atoms with Crippen molar-refractivity contribution in [2.45, 2.75) is 26.3 Å². The summed E-state index contributed by atoms with van der Waals surface area (Å²) in [6.07, 6.45) is 0. The van der Waals surface area contributed by atoms with Gasteiger partial charge in [0.05, 0.1) is 0 Å². The van der Waals surface area contributed by atoms with Crippen LogP contribution in [0.2, 0.25) is 0 Å². The molecule has 0 unspecified atom stereocenters. The van der Waals surface area contributed by atoms with E-state index in [1.165, 1.54) is 0 Å². The average Bonchev–Trinajstić information content (AvgIpc) is 2.08. The van der Waals surface area contributed by atoms with Gasteiger partial charge in [0, 0.05) is 11.1 Å². The second kappa shape index (κ2) is 3.65. The molecule has 0 saturated carbocycles. The Kier molecular flexibility index (Phi) is 2.90. The SMILES string of the molecule is CC(C)[C@](C)(N)c1cc(F)ccc1F. The third-order valence-corrected chi connectivity index (χ3v) is 2.71. The zero-order valence-corrected chi connectivity index (χ0v) is 8.64. The number of nitrogens with two attached hydrogens (primary N) is 1. The van der Waals surface area contributed by atoms with E-state index in [0.29, 0.717) is 0 Å². The molecule has 0 saturated heterocycles. The summed E-state index contributed by atoms with van der Waals surface area (Å²) in [6.45, 7) is 5.46. The lowest BCUT2D eigenvalue weighted by Crippen LogP contribution is -2.39. The van der Waals surface area contributed by atoms with Gasteiger partial charge in [0.2, 0.25) is 0 Å². The number of rotatable bonds is 2. The smallest absolute Gasteiger partial charge is 0.128 e. The van der Waals surface area contributed by atoms with Gasteiger partial charge in [0.1, 0.15) is 11.6 Å². The van der Waals surface area contributed by atoms with Gasteiger partial charge >= 0.3 is 0 Å². The monoisotopic (exact) mass is 199 g/mol. The second-order valence-corrected chi connectivity index (χ2v) is 4.06. The van der Waals surface area contributed by atoms with E-state index in [0.717, 1.165) is 18.2 Å². The molecule has 0 fully saturated rings. The molecule has 1 atom stereocenters. The highest BCUT2D eigenvalue weighted by Gasteiger charge is 2.28. The molecule has 0 heterocycles. The molecule has 0 radical (unpaired) electrons. The first-order chi connectivity index (χ1) is 6.35. The van der Waals surface area contributed by atoms with Crippen LogP contribution in [-0.4, -0.2) is 0 Å². The van der Waals surface area contributed by atoms with Crippen LogP contribution in [0.5, 0.6) is 0 Å². The third kappa shape index (κ3) is 1.93. The highest BCUT2D eigenvalue weighted by Crippen LogP contribution is 2.28. The summed E-state index contributed by atoms with van der Waals surface area (Å²) >= 11 is 0. The van der Waals surface area contributed by atoms with E-state index in [9.17, 15) is 8.78 Å². The molecule has 0 spiro atoms. The minimum atomic E-state index is -0.841. The van der Waals surface area contributed by atoms with Gasteiger partial charge in [-0.05, 0) is 31.0 Å². The normalized spacial score (nSPS) is 15.6. The number of benzene rings is 1. The lowest BCUT2D eigenvalue weighted by molar-refractivity contribution is 0.335. The Morgan fingerprint density at radius 2 is 1.86 bits per heavy atom. The van der Waals surface area contributed by atoms with Crippen molar-refractivity contribution in [1.82, 2.24) is 0 Å². The molecule has 0 aromatic heterocycles. The Morgan fingerprint density at radius 3 is 2.36 bits per heavy atom. The van der Waals surface area contributed by atoms with Gasteiger partial charge in [0.15, 0.2) is 0 Å². The molecule has 14 heavy (non-hydrogen) atoms. The Bertz CT molecular complexity index is 332. The first kappa shape index (κ1) is 11.1. The van der Waals surface area contributed by atoms with E-state index >= 15 is 0 Å². The topological polar surface area (TPSA) is 26.0 Å². The van der Waals surface area contributed by atoms with Crippen LogP contribution in [0.15, 0.2) is 18.2 Å². The van der Waals surface area contributed by atoms with E-state index in [1.54, 1.807) is 6.92 Å². The summed E-state index contributed by atoms with van der Waals surface area (Å²) < 4.78 is 26.3. The van der Waals surface area contributed by atoms with Crippen molar-refractivity contribution in [3.8, 4) is 0 Å². The van der Waals surface area contributed by atoms with Crippen LogP contribution in [0.3, 0.4) is 0 Å². The lowest BCUT2D eigenvalue weighted by Gasteiger charge is -2.30. The van der Waals surface area contributed by atoms with Crippen molar-refractivity contribution >= 4 is 0 Å². The van der Waals surface area contributed by atoms with E-state index in [1.807, 2.05) is 13.8 Å². The van der Waals surface area contributed by atoms with E-state index < -0.39 is 17.2 Å². The fourth-order valence-corrected chi connectivity index (χ4v) is 1.22. The molecular weight excluding hydrogens is 184 g/mol. The molecule has 1 aromatic rings. The third-order valence-electron chi connectivity index (χ3n) is 2.71. The molecule has 1 rings (SSSR count). The fourth-order valence-electron chi connectivity index (χ4n) is 1.22. The number of hydrogen-bond donors (Lipinski definition) is 1. The van der Waals surface area contributed by atoms with Gasteiger partial charge in [-0.25, -0.2) is 8.78 Å². The van der Waals surface area contributed by atoms with Crippen molar-refractivity contribution in [3.63, 3.8) is 0 Å². The van der Waals surface area contributed by atoms with Crippen molar-refractivity contribution in [1.29, 1.82) is 0 Å². The maximum atomic E-state index is 13.4. The van der Waals surface area contributed by atoms with Crippen LogP contribution in [0.1, 0.15) is 26.3 Å². The van der Waals surface area contributed by atoms with E-state index in [4.69, 9.17) is 5.73 Å². The van der Waals surface area contributed by atoms with Crippen LogP contribution in [0, 0.1) is 17.6 Å². The highest BCUT2D eigenvalue weighted by atomic mass is 19.1. The minimum absolute atomic E-state index is 0.0406. The summed E-state index contributed by atoms with van der Waals surface area (Å²) in [5.74, 6) is -0.873. The zero-order valence-electron chi connectivity index (χ0n) is 8.64. The minimum Gasteiger partial charge on any atom is -0.321 e. The molecule has 0 amide bonds. The second-order valence-electron chi connectivity index (χ2n) is 4.06. The molecule has 2 N–H and O–H groups in total. The van der Waals surface area contributed by atoms with Crippen LogP contribution < -0.4 is 5.73 Å². The molecule has 0 aliphatic heterocycles. The molecule has 0 aliphatic carbocycles. The van der Waals surface area contributed by atoms with Crippen molar-refractivity contribution in [2.75, 3.05) is 0 Å². The molecule has 0 bridgehead atoms. The van der Waals surface area contributed by atoms with Gasteiger partial charge in [0.25, 0.3) is 0 Å². The quantitative estimate of drug-likeness (QED) is 0.778. The standard InChI is InChI=1S/C11H15F2N/c1-7(2)11(3,14)9-6-8(12)4-5-10(9)13/h4-7H,14H2,1-3H3/t11-/m0/s1. The van der Waals surface area contributed by atoms with Crippen molar-refractivity contribution in [3.05, 3.63) is 35.4 Å². The molecular formula is C11H15F2N. The van der Waals surface area contributed by atoms with Gasteiger partial charge < -0.3 is 5.73 Å². The predicted molar refractivity (Wildman–Crippen MR) is 52.7 cm³/mol. The fraction of sp³-hybridized carbons (Fsp3) is 0.455. The maximum absolute atomic E-state index is 13.4. The summed E-state index contributed by atoms with van der Waals surface area (Å²) in [5.41, 5.74) is 5.33. The van der Waals surface area contributed by atoms with Gasteiger partial charge in [-0.15, -0.1) is 0 Å². The zero-order chi connectivity index (χ0) is 10.9. The lowest BCUT2D eigenvalue weighted by atomic mass is 9.82. The number of halogens is 2. The molecule has 1 nitrogen and oxygen atoms in total. The summed E-state index contributed by atoms with van der Waals surface area (Å²) in [7, 11) is 0. The van der Waals surface area contributed by atoms with Gasteiger partial charge in [-0.3, -0.25) is 0 Å². The first-order valence-electron chi connectivity index (χ1n) is 4.60. The Balaban J connectivity index is 3.24. The largest absolute Gasteiger partial charge is 0.321 e. The maximum Gasteiger partial charge on any atom is 0.128 e. The molecule has 0 aliphatic rings. The van der Waals surface area contributed by atoms with Gasteiger partial charge in [-0.2, -0.15) is 0 Å². The summed E-state index contributed by atoms with van der Waals surface area (Å²) in [4.78, 5) is 0. The van der Waals surface area contributed by atoms with Gasteiger partial charge in [-0.1, -0.05) is 13.8 Å². The van der Waals surface area contributed by atoms with Crippen molar-refractivity contribution in [2.24, 2.45) is 11.7 Å². The molecule has 1 aromatic carbocycles. The van der Waals surface area contributed by atoms with Crippen LogP contribution in [0.25, 0.3) is 0 Å². The average molecular weight is 199 g/mol. The molecule has 78 valence electrons. The summed E-state index contributed by atoms with van der Waals surface area (Å²) in [5, 5.41) is 0. The Labute approximate surface area is 82.9 Å². The van der Waals surface area contributed by atoms with E-state index in [2.05, 4.69) is 0 Å². The van der Waals surface area contributed by atoms with Crippen LogP contribution in [-0.2, 0) is 5.54 Å². The predicted octanol–water partition coefficient (Wildman–Crippen LogP) is 2.79. The summed E-state index contributed by atoms with van der Waals surface area (Å²) in [6, 6.07) is 3.36.